The number of nitrogens with zero attached hydrogens (tertiary/aromatic N) is 1. The molecule has 0 bridgehead atoms. The minimum absolute atomic E-state index is 0.0517. The van der Waals surface area contributed by atoms with E-state index in [1.165, 1.54) is 0 Å². The Morgan fingerprint density at radius 2 is 1.92 bits per heavy atom. The number of hydrogen-bond donors (Lipinski definition) is 3. The van der Waals surface area contributed by atoms with Crippen molar-refractivity contribution in [2.24, 2.45) is 5.73 Å². The van der Waals surface area contributed by atoms with Crippen molar-refractivity contribution in [3.63, 3.8) is 0 Å². The number of primary amides is 1. The van der Waals surface area contributed by atoms with Gasteiger partial charge in [-0.15, -0.1) is 11.3 Å². The van der Waals surface area contributed by atoms with E-state index in [-0.39, 0.29) is 10.6 Å². The third-order valence-electron chi connectivity index (χ3n) is 3.54. The van der Waals surface area contributed by atoms with Crippen LogP contribution < -0.4 is 11.1 Å². The number of hydrogen-bond acceptors (Lipinski definition) is 6. The van der Waals surface area contributed by atoms with Crippen molar-refractivity contribution in [2.45, 2.75) is 6.54 Å². The normalized spacial score (nSPS) is 10.6. The highest BCUT2D eigenvalue weighted by atomic mass is 32.1. The number of nitrogens with one attached hydrogen (secondary N) is 1. The first kappa shape index (κ1) is 16.6. The Bertz CT molecular complexity index is 996. The van der Waals surface area contributed by atoms with Crippen molar-refractivity contribution < 1.29 is 19.5 Å². The quantitative estimate of drug-likeness (QED) is 0.460. The Morgan fingerprint density at radius 3 is 2.64 bits per heavy atom. The number of carboxylic acid groups (broad SMARTS) is 1. The smallest absolute Gasteiger partial charge is 0.336 e. The minimum Gasteiger partial charge on any atom is -0.478 e. The van der Waals surface area contributed by atoms with Crippen LogP contribution in [-0.2, 0) is 11.3 Å². The number of aromatic nitrogens is 1. The third-order valence-corrected chi connectivity index (χ3v) is 4.55. The SMILES string of the molecule is NC(=O)C(=O)c1nc2ccc(NCc3ccccc3C(=O)O)cc2s1. The first-order chi connectivity index (χ1) is 12.0. The van der Waals surface area contributed by atoms with Gasteiger partial charge in [-0.1, -0.05) is 18.2 Å². The number of thiazole rings is 1. The van der Waals surface area contributed by atoms with Gasteiger partial charge in [-0.25, -0.2) is 9.78 Å². The highest BCUT2D eigenvalue weighted by Gasteiger charge is 2.17. The predicted molar refractivity (Wildman–Crippen MR) is 93.9 cm³/mol. The number of benzene rings is 2. The van der Waals surface area contributed by atoms with E-state index in [0.717, 1.165) is 21.7 Å². The van der Waals surface area contributed by atoms with E-state index in [4.69, 9.17) is 5.73 Å². The van der Waals surface area contributed by atoms with Crippen LogP contribution in [-0.4, -0.2) is 27.8 Å². The van der Waals surface area contributed by atoms with Crippen LogP contribution in [0.3, 0.4) is 0 Å². The average Bonchev–Trinajstić information content (AvgIpc) is 3.02. The van der Waals surface area contributed by atoms with E-state index in [2.05, 4.69) is 10.3 Å². The number of anilines is 1. The molecule has 0 radical (unpaired) electrons. The summed E-state index contributed by atoms with van der Waals surface area (Å²) in [6, 6.07) is 12.0. The molecule has 4 N–H and O–H groups in total. The van der Waals surface area contributed by atoms with Gasteiger partial charge in [0.25, 0.3) is 11.7 Å². The number of carboxylic acids is 1. The molecular weight excluding hydrogens is 342 g/mol. The molecule has 0 aliphatic heterocycles. The van der Waals surface area contributed by atoms with Crippen LogP contribution in [0.25, 0.3) is 10.2 Å². The maximum absolute atomic E-state index is 11.6. The fourth-order valence-electron chi connectivity index (χ4n) is 2.32. The second-order valence-corrected chi connectivity index (χ2v) is 6.24. The van der Waals surface area contributed by atoms with Crippen molar-refractivity contribution >= 4 is 44.9 Å². The number of nitrogens with two attached hydrogens (primary N) is 1. The lowest BCUT2D eigenvalue weighted by molar-refractivity contribution is -0.114. The maximum Gasteiger partial charge on any atom is 0.336 e. The Labute approximate surface area is 146 Å². The number of carbonyl (C=O) groups excluding carboxylic acids is 2. The fourth-order valence-corrected chi connectivity index (χ4v) is 3.27. The highest BCUT2D eigenvalue weighted by molar-refractivity contribution is 7.21. The summed E-state index contributed by atoms with van der Waals surface area (Å²) in [6.07, 6.45) is 0. The van der Waals surface area contributed by atoms with Crippen molar-refractivity contribution in [3.05, 3.63) is 58.6 Å². The predicted octanol–water partition coefficient (Wildman–Crippen LogP) is 2.27. The molecule has 126 valence electrons. The zero-order valence-corrected chi connectivity index (χ0v) is 13.7. The molecule has 1 amide bonds. The average molecular weight is 355 g/mol. The van der Waals surface area contributed by atoms with Gasteiger partial charge in [0.05, 0.1) is 15.8 Å². The molecule has 0 atom stereocenters. The standard InChI is InChI=1S/C17H13N3O4S/c18-15(22)14(21)16-20-12-6-5-10(7-13(12)25-16)19-8-9-3-1-2-4-11(9)17(23)24/h1-7,19H,8H2,(H2,18,22)(H,23,24). The van der Waals surface area contributed by atoms with Crippen molar-refractivity contribution in [3.8, 4) is 0 Å². The molecule has 3 rings (SSSR count). The van der Waals surface area contributed by atoms with Gasteiger partial charge in [0.2, 0.25) is 0 Å². The number of Topliss-reactive ketones (excluding diaryl/α,β-unsaturated/α-hetero) is 1. The molecule has 2 aromatic carbocycles. The number of aromatic carboxylic acids is 1. The summed E-state index contributed by atoms with van der Waals surface area (Å²) in [5.41, 5.74) is 7.22. The van der Waals surface area contributed by atoms with Crippen molar-refractivity contribution in [2.75, 3.05) is 5.32 Å². The van der Waals surface area contributed by atoms with Gasteiger partial charge in [0.1, 0.15) is 0 Å². The molecule has 0 aliphatic rings. The summed E-state index contributed by atoms with van der Waals surface area (Å²) in [6.45, 7) is 0.333. The van der Waals surface area contributed by atoms with Gasteiger partial charge in [-0.3, -0.25) is 9.59 Å². The van der Waals surface area contributed by atoms with Crippen LogP contribution in [0.2, 0.25) is 0 Å². The molecule has 0 spiro atoms. The van der Waals surface area contributed by atoms with Crippen molar-refractivity contribution in [1.82, 2.24) is 4.98 Å². The van der Waals surface area contributed by atoms with Crippen LogP contribution in [0.1, 0.15) is 25.7 Å². The molecule has 3 aromatic rings. The summed E-state index contributed by atoms with van der Waals surface area (Å²) in [4.78, 5) is 37.9. The molecule has 1 aromatic heterocycles. The lowest BCUT2D eigenvalue weighted by Crippen LogP contribution is -2.22. The first-order valence-corrected chi connectivity index (χ1v) is 8.07. The van der Waals surface area contributed by atoms with E-state index in [1.54, 1.807) is 42.5 Å². The van der Waals surface area contributed by atoms with E-state index >= 15 is 0 Å². The number of ketones is 1. The summed E-state index contributed by atoms with van der Waals surface area (Å²) in [5, 5.41) is 12.4. The lowest BCUT2D eigenvalue weighted by Gasteiger charge is -2.09. The third kappa shape index (κ3) is 3.48. The van der Waals surface area contributed by atoms with E-state index in [0.29, 0.717) is 17.6 Å². The van der Waals surface area contributed by atoms with E-state index in [9.17, 15) is 19.5 Å². The second kappa shape index (κ2) is 6.70. The second-order valence-electron chi connectivity index (χ2n) is 5.21. The monoisotopic (exact) mass is 355 g/mol. The summed E-state index contributed by atoms with van der Waals surface area (Å²) < 4.78 is 0.723. The Morgan fingerprint density at radius 1 is 1.16 bits per heavy atom. The van der Waals surface area contributed by atoms with Gasteiger partial charge in [-0.05, 0) is 29.8 Å². The van der Waals surface area contributed by atoms with Gasteiger partial charge < -0.3 is 16.2 Å². The number of amides is 1. The van der Waals surface area contributed by atoms with Gasteiger partial charge in [0.15, 0.2) is 5.01 Å². The van der Waals surface area contributed by atoms with Crippen LogP contribution >= 0.6 is 11.3 Å². The number of fused-ring (bicyclic) bond motifs is 1. The molecule has 1 heterocycles. The van der Waals surface area contributed by atoms with Gasteiger partial charge >= 0.3 is 5.97 Å². The summed E-state index contributed by atoms with van der Waals surface area (Å²) >= 11 is 1.08. The zero-order chi connectivity index (χ0) is 18.0. The first-order valence-electron chi connectivity index (χ1n) is 7.25. The molecule has 0 aliphatic carbocycles. The molecule has 8 heteroatoms. The summed E-state index contributed by atoms with van der Waals surface area (Å²) in [7, 11) is 0. The van der Waals surface area contributed by atoms with Crippen molar-refractivity contribution in [1.29, 1.82) is 0 Å². The zero-order valence-electron chi connectivity index (χ0n) is 12.9. The number of rotatable bonds is 6. The fraction of sp³-hybridized carbons (Fsp3) is 0.0588. The molecule has 0 saturated carbocycles. The van der Waals surface area contributed by atoms with Crippen LogP contribution in [0.5, 0.6) is 0 Å². The van der Waals surface area contributed by atoms with Gasteiger partial charge in [-0.2, -0.15) is 0 Å². The largest absolute Gasteiger partial charge is 0.478 e. The Hall–Kier alpha value is -3.26. The molecule has 25 heavy (non-hydrogen) atoms. The molecule has 7 nitrogen and oxygen atoms in total. The Balaban J connectivity index is 1.82. The minimum atomic E-state index is -1.04. The van der Waals surface area contributed by atoms with Crippen LogP contribution in [0, 0.1) is 0 Å². The molecule has 0 saturated heterocycles. The molecule has 0 unspecified atom stereocenters. The molecular formula is C17H13N3O4S. The van der Waals surface area contributed by atoms with E-state index in [1.807, 2.05) is 0 Å². The van der Waals surface area contributed by atoms with E-state index < -0.39 is 17.7 Å². The summed E-state index contributed by atoms with van der Waals surface area (Å²) in [5.74, 6) is -2.83. The van der Waals surface area contributed by atoms with Gasteiger partial charge in [0, 0.05) is 12.2 Å². The van der Waals surface area contributed by atoms with Crippen LogP contribution in [0.15, 0.2) is 42.5 Å². The van der Waals surface area contributed by atoms with Crippen LogP contribution in [0.4, 0.5) is 5.69 Å². The highest BCUT2D eigenvalue weighted by Crippen LogP contribution is 2.26. The topological polar surface area (TPSA) is 122 Å². The molecule has 0 fully saturated rings. The lowest BCUT2D eigenvalue weighted by atomic mass is 10.1. The maximum atomic E-state index is 11.6. The number of carbonyl (C=O) groups is 3. The Kier molecular flexibility index (Phi) is 4.44.